The highest BCUT2D eigenvalue weighted by Crippen LogP contribution is 2.68. The molecule has 0 bridgehead atoms. The van der Waals surface area contributed by atoms with Crippen molar-refractivity contribution in [2.75, 3.05) is 0 Å². The van der Waals surface area contributed by atoms with E-state index in [9.17, 15) is 0 Å². The van der Waals surface area contributed by atoms with E-state index in [1.54, 1.807) is 4.21 Å². The van der Waals surface area contributed by atoms with Crippen molar-refractivity contribution < 1.29 is 0 Å². The van der Waals surface area contributed by atoms with Crippen LogP contribution in [0.25, 0.3) is 0 Å². The first kappa shape index (κ1) is 14.6. The minimum Gasteiger partial charge on any atom is -0.198 e. The Morgan fingerprint density at radius 2 is 1.38 bits per heavy atom. The minimum absolute atomic E-state index is 0.716. The first-order valence-corrected chi connectivity index (χ1v) is 9.32. The normalized spacial score (nSPS) is 14.1. The zero-order valence-electron chi connectivity index (χ0n) is 11.1. The van der Waals surface area contributed by atoms with E-state index < -0.39 is 10.0 Å². The fraction of sp³-hybridized carbons (Fsp3) is 0.692. The summed E-state index contributed by atoms with van der Waals surface area (Å²) in [4.78, 5) is 0. The van der Waals surface area contributed by atoms with Crippen LogP contribution < -0.4 is 0 Å². The molecule has 1 aromatic rings. The Hall–Kier alpha value is 0.530. The molecule has 0 N–H and O–H groups in total. The molecule has 0 aliphatic heterocycles. The van der Waals surface area contributed by atoms with Gasteiger partial charge in [0.1, 0.15) is 0 Å². The molecule has 0 aliphatic carbocycles. The van der Waals surface area contributed by atoms with Gasteiger partial charge >= 0.3 is 0 Å². The van der Waals surface area contributed by atoms with Gasteiger partial charge in [-0.3, -0.25) is 0 Å². The summed E-state index contributed by atoms with van der Waals surface area (Å²) in [5.41, 5.74) is 0. The Labute approximate surface area is 114 Å². The summed E-state index contributed by atoms with van der Waals surface area (Å²) < 4.78 is 2.88. The average molecular weight is 323 g/mol. The van der Waals surface area contributed by atoms with Crippen molar-refractivity contribution in [1.82, 2.24) is 0 Å². The Bertz CT molecular complexity index is 318. The highest BCUT2D eigenvalue weighted by Gasteiger charge is 2.37. The molecule has 1 rings (SSSR count). The van der Waals surface area contributed by atoms with Crippen molar-refractivity contribution in [2.45, 2.75) is 61.5 Å². The van der Waals surface area contributed by atoms with Crippen molar-refractivity contribution in [1.29, 1.82) is 0 Å². The molecule has 0 nitrogen and oxygen atoms in total. The lowest BCUT2D eigenvalue weighted by atomic mass is 10.5. The first-order chi connectivity index (χ1) is 7.33. The standard InChI is InChI=1S/C13H23BrS2/c1-9(2)16(10(3)4,11(5)6)13-8-7-12(14)15-13/h7-11H,1-6H3. The molecule has 0 unspecified atom stereocenters. The van der Waals surface area contributed by atoms with Crippen molar-refractivity contribution in [3.8, 4) is 0 Å². The molecule has 0 aromatic carbocycles. The lowest BCUT2D eigenvalue weighted by molar-refractivity contribution is 0.942. The van der Waals surface area contributed by atoms with Crippen LogP contribution in [-0.2, 0) is 0 Å². The van der Waals surface area contributed by atoms with Gasteiger partial charge in [0.25, 0.3) is 0 Å². The van der Waals surface area contributed by atoms with Crippen LogP contribution in [0.5, 0.6) is 0 Å². The highest BCUT2D eigenvalue weighted by molar-refractivity contribution is 9.11. The van der Waals surface area contributed by atoms with Gasteiger partial charge in [0.15, 0.2) is 0 Å². The van der Waals surface area contributed by atoms with E-state index >= 15 is 0 Å². The van der Waals surface area contributed by atoms with Gasteiger partial charge in [-0.15, -0.1) is 11.3 Å². The maximum absolute atomic E-state index is 3.60. The van der Waals surface area contributed by atoms with Crippen molar-refractivity contribution in [3.05, 3.63) is 15.9 Å². The van der Waals surface area contributed by atoms with Crippen LogP contribution in [-0.4, -0.2) is 15.7 Å². The molecule has 3 heteroatoms. The molecule has 1 heterocycles. The molecule has 0 radical (unpaired) electrons. The molecule has 0 spiro atoms. The second-order valence-corrected chi connectivity index (χ2v) is 12.5. The lowest BCUT2D eigenvalue weighted by Gasteiger charge is -2.50. The monoisotopic (exact) mass is 322 g/mol. The van der Waals surface area contributed by atoms with Crippen LogP contribution in [0.4, 0.5) is 0 Å². The van der Waals surface area contributed by atoms with Crippen LogP contribution >= 0.6 is 37.3 Å². The van der Waals surface area contributed by atoms with E-state index in [0.717, 1.165) is 15.7 Å². The lowest BCUT2D eigenvalue weighted by Crippen LogP contribution is -2.28. The summed E-state index contributed by atoms with van der Waals surface area (Å²) in [6.45, 7) is 14.4. The molecule has 0 saturated heterocycles. The first-order valence-electron chi connectivity index (χ1n) is 5.88. The zero-order chi connectivity index (χ0) is 12.5. The third-order valence-corrected chi connectivity index (χ3v) is 11.3. The molecular formula is C13H23BrS2. The van der Waals surface area contributed by atoms with Gasteiger partial charge in [-0.05, 0) is 43.8 Å². The Kier molecular flexibility index (Phi) is 4.97. The molecule has 1 aromatic heterocycles. The van der Waals surface area contributed by atoms with Gasteiger partial charge in [0, 0.05) is 4.21 Å². The third kappa shape index (κ3) is 2.37. The summed E-state index contributed by atoms with van der Waals surface area (Å²) >= 11 is 5.54. The average Bonchev–Trinajstić information content (AvgIpc) is 2.50. The maximum Gasteiger partial charge on any atom is 0.0709 e. The van der Waals surface area contributed by atoms with E-state index in [1.807, 2.05) is 11.3 Å². The molecular weight excluding hydrogens is 300 g/mol. The van der Waals surface area contributed by atoms with Crippen LogP contribution in [0.15, 0.2) is 20.1 Å². The summed E-state index contributed by atoms with van der Waals surface area (Å²) in [6, 6.07) is 4.54. The summed E-state index contributed by atoms with van der Waals surface area (Å²) in [6.07, 6.45) is 0. The van der Waals surface area contributed by atoms with Crippen molar-refractivity contribution >= 4 is 37.3 Å². The van der Waals surface area contributed by atoms with E-state index in [-0.39, 0.29) is 0 Å². The largest absolute Gasteiger partial charge is 0.198 e. The molecule has 0 amide bonds. The second-order valence-electron chi connectivity index (χ2n) is 4.97. The Morgan fingerprint density at radius 3 is 1.62 bits per heavy atom. The van der Waals surface area contributed by atoms with Gasteiger partial charge in [-0.25, -0.2) is 0 Å². The van der Waals surface area contributed by atoms with Crippen molar-refractivity contribution in [2.24, 2.45) is 0 Å². The fourth-order valence-electron chi connectivity index (χ4n) is 2.82. The summed E-state index contributed by atoms with van der Waals surface area (Å²) in [5, 5.41) is 2.24. The van der Waals surface area contributed by atoms with Gasteiger partial charge in [-0.1, -0.05) is 41.5 Å². The number of thiophene rings is 1. The van der Waals surface area contributed by atoms with Crippen LogP contribution in [0.3, 0.4) is 0 Å². The van der Waals surface area contributed by atoms with Crippen molar-refractivity contribution in [3.63, 3.8) is 0 Å². The SMILES string of the molecule is CC(C)S(c1ccc(Br)s1)(C(C)C)C(C)C. The van der Waals surface area contributed by atoms with Crippen LogP contribution in [0.2, 0.25) is 0 Å². The van der Waals surface area contributed by atoms with E-state index in [2.05, 4.69) is 69.6 Å². The summed E-state index contributed by atoms with van der Waals surface area (Å²) in [5.74, 6) is 0. The molecule has 94 valence electrons. The number of halogens is 1. The van der Waals surface area contributed by atoms with Gasteiger partial charge in [-0.2, -0.15) is 10.0 Å². The fourth-order valence-corrected chi connectivity index (χ4v) is 11.8. The van der Waals surface area contributed by atoms with E-state index in [0.29, 0.717) is 0 Å². The number of rotatable bonds is 4. The topological polar surface area (TPSA) is 0 Å². The Balaban J connectivity index is 3.33. The second kappa shape index (κ2) is 5.45. The smallest absolute Gasteiger partial charge is 0.0709 e. The number of hydrogen-bond acceptors (Lipinski definition) is 1. The minimum atomic E-state index is -0.716. The quantitative estimate of drug-likeness (QED) is 0.647. The van der Waals surface area contributed by atoms with E-state index in [1.165, 1.54) is 3.79 Å². The van der Waals surface area contributed by atoms with Gasteiger partial charge in [0.05, 0.1) is 3.79 Å². The molecule has 16 heavy (non-hydrogen) atoms. The zero-order valence-corrected chi connectivity index (χ0v) is 14.3. The molecule has 0 aliphatic rings. The predicted octanol–water partition coefficient (Wildman–Crippen LogP) is 5.90. The Morgan fingerprint density at radius 1 is 0.938 bits per heavy atom. The molecule has 0 atom stereocenters. The number of hydrogen-bond donors (Lipinski definition) is 0. The third-order valence-electron chi connectivity index (χ3n) is 3.24. The predicted molar refractivity (Wildman–Crippen MR) is 83.3 cm³/mol. The van der Waals surface area contributed by atoms with Crippen LogP contribution in [0.1, 0.15) is 41.5 Å². The summed E-state index contributed by atoms with van der Waals surface area (Å²) in [7, 11) is -0.716. The molecule has 0 saturated carbocycles. The maximum atomic E-state index is 3.60. The van der Waals surface area contributed by atoms with Gasteiger partial charge in [0.2, 0.25) is 0 Å². The van der Waals surface area contributed by atoms with E-state index in [4.69, 9.17) is 0 Å². The molecule has 0 fully saturated rings. The highest BCUT2D eigenvalue weighted by atomic mass is 79.9. The van der Waals surface area contributed by atoms with Gasteiger partial charge < -0.3 is 0 Å². The van der Waals surface area contributed by atoms with Crippen LogP contribution in [0, 0.1) is 0 Å².